The fourth-order valence-electron chi connectivity index (χ4n) is 3.03. The van der Waals surface area contributed by atoms with Gasteiger partial charge in [-0.3, -0.25) is 15.2 Å². The summed E-state index contributed by atoms with van der Waals surface area (Å²) in [7, 11) is 0. The number of anilines is 1. The fraction of sp³-hybridized carbons (Fsp3) is 0.750. The molecule has 0 bridgehead atoms. The molecule has 2 fully saturated rings. The van der Waals surface area contributed by atoms with E-state index in [2.05, 4.69) is 20.2 Å². The van der Waals surface area contributed by atoms with E-state index in [9.17, 15) is 0 Å². The lowest BCUT2D eigenvalue weighted by Crippen LogP contribution is -2.54. The fourth-order valence-corrected chi connectivity index (χ4v) is 3.80. The third-order valence-corrected chi connectivity index (χ3v) is 4.89. The van der Waals surface area contributed by atoms with Crippen LogP contribution in [0.1, 0.15) is 24.1 Å². The van der Waals surface area contributed by atoms with Crippen molar-refractivity contribution in [2.75, 3.05) is 31.6 Å². The Hall–Kier alpha value is -0.690. The Morgan fingerprint density at radius 2 is 2.33 bits per heavy atom. The molecule has 0 saturated carbocycles. The van der Waals surface area contributed by atoms with Crippen molar-refractivity contribution in [1.29, 1.82) is 0 Å². The molecule has 0 radical (unpaired) electrons. The Morgan fingerprint density at radius 3 is 3.17 bits per heavy atom. The third-order valence-electron chi connectivity index (χ3n) is 3.98. The van der Waals surface area contributed by atoms with Gasteiger partial charge in [0.2, 0.25) is 0 Å². The van der Waals surface area contributed by atoms with Gasteiger partial charge in [0.15, 0.2) is 5.13 Å². The van der Waals surface area contributed by atoms with E-state index in [1.54, 1.807) is 11.3 Å². The van der Waals surface area contributed by atoms with Crippen LogP contribution >= 0.6 is 11.3 Å². The number of nitrogen functional groups attached to an aromatic ring is 1. The van der Waals surface area contributed by atoms with Crippen LogP contribution in [-0.2, 0) is 6.54 Å². The topological polar surface area (TPSA) is 57.4 Å². The molecule has 6 heteroatoms. The summed E-state index contributed by atoms with van der Waals surface area (Å²) in [5.74, 6) is 5.36. The Morgan fingerprint density at radius 1 is 1.39 bits per heavy atom. The first-order valence-corrected chi connectivity index (χ1v) is 7.54. The number of nitrogens with two attached hydrogens (primary N) is 1. The molecule has 18 heavy (non-hydrogen) atoms. The number of hydrazine groups is 1. The third kappa shape index (κ3) is 2.66. The van der Waals surface area contributed by atoms with Crippen LogP contribution in [0, 0.1) is 0 Å². The predicted molar refractivity (Wildman–Crippen MR) is 74.4 cm³/mol. The number of nitrogens with one attached hydrogen (secondary N) is 1. The zero-order chi connectivity index (χ0) is 12.4. The second-order valence-corrected chi connectivity index (χ2v) is 6.31. The SMILES string of the molecule is NNc1ncc(CN2CCN3CCCCC3C2)s1. The molecule has 3 heterocycles. The number of hydrogen-bond acceptors (Lipinski definition) is 6. The number of fused-ring (bicyclic) bond motifs is 1. The number of thiazole rings is 1. The van der Waals surface area contributed by atoms with Crippen molar-refractivity contribution < 1.29 is 0 Å². The van der Waals surface area contributed by atoms with Crippen LogP contribution in [0.3, 0.4) is 0 Å². The summed E-state index contributed by atoms with van der Waals surface area (Å²) < 4.78 is 0. The summed E-state index contributed by atoms with van der Waals surface area (Å²) in [6.45, 7) is 5.94. The predicted octanol–water partition coefficient (Wildman–Crippen LogP) is 1.10. The highest BCUT2D eigenvalue weighted by molar-refractivity contribution is 7.15. The van der Waals surface area contributed by atoms with E-state index >= 15 is 0 Å². The molecule has 100 valence electrons. The molecule has 2 aliphatic heterocycles. The van der Waals surface area contributed by atoms with Gasteiger partial charge in [-0.2, -0.15) is 0 Å². The van der Waals surface area contributed by atoms with Crippen LogP contribution in [-0.4, -0.2) is 47.0 Å². The van der Waals surface area contributed by atoms with Crippen molar-refractivity contribution in [2.24, 2.45) is 5.84 Å². The summed E-state index contributed by atoms with van der Waals surface area (Å²) in [5.41, 5.74) is 2.61. The zero-order valence-electron chi connectivity index (χ0n) is 10.6. The lowest BCUT2D eigenvalue weighted by molar-refractivity contribution is 0.0461. The van der Waals surface area contributed by atoms with Gasteiger partial charge in [0.05, 0.1) is 0 Å². The van der Waals surface area contributed by atoms with E-state index in [-0.39, 0.29) is 0 Å². The average Bonchev–Trinajstić information content (AvgIpc) is 2.86. The van der Waals surface area contributed by atoms with Gasteiger partial charge < -0.3 is 0 Å². The zero-order valence-corrected chi connectivity index (χ0v) is 11.5. The number of nitrogens with zero attached hydrogens (tertiary/aromatic N) is 3. The van der Waals surface area contributed by atoms with Crippen molar-refractivity contribution in [2.45, 2.75) is 31.8 Å². The Labute approximate surface area is 112 Å². The van der Waals surface area contributed by atoms with Crippen molar-refractivity contribution in [3.8, 4) is 0 Å². The van der Waals surface area contributed by atoms with Crippen LogP contribution in [0.15, 0.2) is 6.20 Å². The molecule has 5 nitrogen and oxygen atoms in total. The molecule has 1 unspecified atom stereocenters. The van der Waals surface area contributed by atoms with Gasteiger partial charge in [-0.1, -0.05) is 17.8 Å². The van der Waals surface area contributed by atoms with E-state index in [1.807, 2.05) is 6.20 Å². The van der Waals surface area contributed by atoms with Gasteiger partial charge in [0, 0.05) is 43.3 Å². The van der Waals surface area contributed by atoms with Crippen LogP contribution in [0.4, 0.5) is 5.13 Å². The lowest BCUT2D eigenvalue weighted by atomic mass is 9.99. The van der Waals surface area contributed by atoms with Gasteiger partial charge in [-0.25, -0.2) is 10.8 Å². The van der Waals surface area contributed by atoms with Crippen molar-refractivity contribution >= 4 is 16.5 Å². The number of rotatable bonds is 3. The molecule has 0 amide bonds. The normalized spacial score (nSPS) is 25.9. The molecule has 0 aliphatic carbocycles. The lowest BCUT2D eigenvalue weighted by Gasteiger charge is -2.43. The minimum Gasteiger partial charge on any atom is -0.300 e. The maximum atomic E-state index is 5.36. The average molecular weight is 267 g/mol. The standard InChI is InChI=1S/C12H21N5S/c13-15-12-14-7-11(18-12)9-16-5-6-17-4-2-1-3-10(17)8-16/h7,10H,1-6,8-9,13H2,(H,14,15). The summed E-state index contributed by atoms with van der Waals surface area (Å²) in [6.07, 6.45) is 6.09. The largest absolute Gasteiger partial charge is 0.300 e. The maximum absolute atomic E-state index is 5.36. The summed E-state index contributed by atoms with van der Waals surface area (Å²) >= 11 is 1.65. The number of hydrogen-bond donors (Lipinski definition) is 2. The molecule has 0 aromatic carbocycles. The number of aromatic nitrogens is 1. The first-order valence-electron chi connectivity index (χ1n) is 6.73. The molecule has 3 rings (SSSR count). The second kappa shape index (κ2) is 5.52. The molecule has 1 aromatic rings. The van der Waals surface area contributed by atoms with E-state index < -0.39 is 0 Å². The highest BCUT2D eigenvalue weighted by Gasteiger charge is 2.28. The van der Waals surface area contributed by atoms with E-state index in [4.69, 9.17) is 5.84 Å². The molecular formula is C12H21N5S. The van der Waals surface area contributed by atoms with Crippen molar-refractivity contribution in [1.82, 2.24) is 14.8 Å². The first kappa shape index (κ1) is 12.3. The molecule has 2 aliphatic rings. The first-order chi connectivity index (χ1) is 8.85. The van der Waals surface area contributed by atoms with Crippen LogP contribution < -0.4 is 11.3 Å². The minimum atomic E-state index is 0.785. The smallest absolute Gasteiger partial charge is 0.197 e. The molecule has 3 N–H and O–H groups in total. The second-order valence-electron chi connectivity index (χ2n) is 5.20. The summed E-state index contributed by atoms with van der Waals surface area (Å²) in [5, 5.41) is 0.807. The summed E-state index contributed by atoms with van der Waals surface area (Å²) in [6, 6.07) is 0.785. The highest BCUT2D eigenvalue weighted by Crippen LogP contribution is 2.24. The van der Waals surface area contributed by atoms with Crippen molar-refractivity contribution in [3.05, 3.63) is 11.1 Å². The van der Waals surface area contributed by atoms with Gasteiger partial charge in [-0.15, -0.1) is 0 Å². The molecular weight excluding hydrogens is 246 g/mol. The monoisotopic (exact) mass is 267 g/mol. The molecule has 1 aromatic heterocycles. The minimum absolute atomic E-state index is 0.785. The van der Waals surface area contributed by atoms with Crippen LogP contribution in [0.2, 0.25) is 0 Å². The van der Waals surface area contributed by atoms with Crippen molar-refractivity contribution in [3.63, 3.8) is 0 Å². The molecule has 2 saturated heterocycles. The van der Waals surface area contributed by atoms with E-state index in [0.29, 0.717) is 0 Å². The maximum Gasteiger partial charge on any atom is 0.197 e. The number of piperazine rings is 1. The highest BCUT2D eigenvalue weighted by atomic mass is 32.1. The van der Waals surface area contributed by atoms with E-state index in [0.717, 1.165) is 17.7 Å². The number of piperidine rings is 1. The van der Waals surface area contributed by atoms with Gasteiger partial charge >= 0.3 is 0 Å². The van der Waals surface area contributed by atoms with Gasteiger partial charge in [0.1, 0.15) is 0 Å². The quantitative estimate of drug-likeness (QED) is 0.634. The Kier molecular flexibility index (Phi) is 3.79. The van der Waals surface area contributed by atoms with Crippen LogP contribution in [0.5, 0.6) is 0 Å². The van der Waals surface area contributed by atoms with E-state index in [1.165, 1.54) is 50.3 Å². The molecule has 1 atom stereocenters. The molecule has 0 spiro atoms. The van der Waals surface area contributed by atoms with Crippen LogP contribution in [0.25, 0.3) is 0 Å². The van der Waals surface area contributed by atoms with Gasteiger partial charge in [0.25, 0.3) is 0 Å². The Balaban J connectivity index is 1.57. The summed E-state index contributed by atoms with van der Waals surface area (Å²) in [4.78, 5) is 10.7. The van der Waals surface area contributed by atoms with Gasteiger partial charge in [-0.05, 0) is 19.4 Å². The Bertz CT molecular complexity index is 394.